The van der Waals surface area contributed by atoms with E-state index in [9.17, 15) is 0 Å². The number of hydrogen-bond donors (Lipinski definition) is 0. The van der Waals surface area contributed by atoms with Crippen molar-refractivity contribution >= 4 is 17.1 Å². The molecule has 0 aliphatic carbocycles. The Hall–Kier alpha value is -3.65. The maximum atomic E-state index is 2.67. The summed E-state index contributed by atoms with van der Waals surface area (Å²) in [6, 6.07) is 27.3. The summed E-state index contributed by atoms with van der Waals surface area (Å²) in [6.45, 7) is 16.5. The number of rotatable bonds is 38. The molecule has 2 aliphatic heterocycles. The van der Waals surface area contributed by atoms with Gasteiger partial charge in [0.25, 0.3) is 0 Å². The molecular weight excluding hydrogens is 833 g/mol. The Kier molecular flexibility index (Phi) is 26.4. The van der Waals surface area contributed by atoms with E-state index < -0.39 is 0 Å². The lowest BCUT2D eigenvalue weighted by Gasteiger charge is -2.27. The van der Waals surface area contributed by atoms with Gasteiger partial charge < -0.3 is 4.90 Å². The Balaban J connectivity index is 1.12. The molecule has 0 bridgehead atoms. The number of allylic oxidation sites excluding steroid dienone is 6. The first kappa shape index (κ1) is 56.3. The van der Waals surface area contributed by atoms with Gasteiger partial charge in [0.1, 0.15) is 6.54 Å². The smallest absolute Gasteiger partial charge is 0.209 e. The Morgan fingerprint density at radius 2 is 0.884 bits per heavy atom. The van der Waals surface area contributed by atoms with Crippen LogP contribution in [0.4, 0.5) is 11.4 Å². The number of fused-ring (bicyclic) bond motifs is 2. The molecular formula is C67H103N2+. The summed E-state index contributed by atoms with van der Waals surface area (Å²) >= 11 is 0. The van der Waals surface area contributed by atoms with Gasteiger partial charge in [-0.1, -0.05) is 293 Å². The van der Waals surface area contributed by atoms with Crippen molar-refractivity contribution in [3.8, 4) is 11.1 Å². The van der Waals surface area contributed by atoms with Crippen LogP contribution in [-0.2, 0) is 10.8 Å². The zero-order valence-corrected chi connectivity index (χ0v) is 45.8. The van der Waals surface area contributed by atoms with Crippen molar-refractivity contribution in [3.05, 3.63) is 120 Å². The van der Waals surface area contributed by atoms with Crippen LogP contribution in [-0.4, -0.2) is 23.4 Å². The van der Waals surface area contributed by atoms with Crippen molar-refractivity contribution in [2.24, 2.45) is 0 Å². The van der Waals surface area contributed by atoms with Crippen molar-refractivity contribution in [3.63, 3.8) is 0 Å². The van der Waals surface area contributed by atoms with Gasteiger partial charge in [0.05, 0.1) is 5.41 Å². The number of benzene rings is 3. The molecule has 0 aromatic heterocycles. The van der Waals surface area contributed by atoms with Crippen molar-refractivity contribution in [2.75, 3.05) is 18.0 Å². The highest BCUT2D eigenvalue weighted by molar-refractivity contribution is 6.03. The summed E-state index contributed by atoms with van der Waals surface area (Å²) in [6.07, 6.45) is 56.7. The molecule has 2 aliphatic rings. The monoisotopic (exact) mass is 936 g/mol. The molecule has 0 saturated heterocycles. The lowest BCUT2D eigenvalue weighted by atomic mass is 9.81. The number of anilines is 1. The topological polar surface area (TPSA) is 6.25 Å². The van der Waals surface area contributed by atoms with E-state index in [1.807, 2.05) is 0 Å². The molecule has 0 N–H and O–H groups in total. The second-order valence-electron chi connectivity index (χ2n) is 22.5. The largest absolute Gasteiger partial charge is 0.344 e. The van der Waals surface area contributed by atoms with Gasteiger partial charge in [0, 0.05) is 47.5 Å². The Bertz CT molecular complexity index is 1970. The van der Waals surface area contributed by atoms with Gasteiger partial charge in [0.2, 0.25) is 5.69 Å². The zero-order chi connectivity index (χ0) is 48.8. The van der Waals surface area contributed by atoms with Crippen LogP contribution in [0.2, 0.25) is 0 Å². The molecule has 0 atom stereocenters. The SMILES string of the molecule is CCCCCCCCCCCCCCCCCCCCCCN1\C(=C/C=C/C=C/C2=[N+](CCCCCCCCCCCCCC)c3ccccc3C2(C)C)C(C)(C)c2ccc(-c3ccccc3)cc21. The van der Waals surface area contributed by atoms with E-state index in [-0.39, 0.29) is 10.8 Å². The van der Waals surface area contributed by atoms with Gasteiger partial charge in [-0.05, 0) is 55.5 Å². The maximum absolute atomic E-state index is 2.67. The third-order valence-electron chi connectivity index (χ3n) is 16.0. The quantitative estimate of drug-likeness (QED) is 0.0315. The van der Waals surface area contributed by atoms with Crippen molar-refractivity contribution in [1.82, 2.24) is 0 Å². The van der Waals surface area contributed by atoms with Gasteiger partial charge in [-0.3, -0.25) is 0 Å². The van der Waals surface area contributed by atoms with Gasteiger partial charge in [-0.2, -0.15) is 4.58 Å². The summed E-state index contributed by atoms with van der Waals surface area (Å²) < 4.78 is 2.64. The van der Waals surface area contributed by atoms with Crippen LogP contribution in [0.5, 0.6) is 0 Å². The third-order valence-corrected chi connectivity index (χ3v) is 16.0. The fourth-order valence-electron chi connectivity index (χ4n) is 11.6. The molecule has 0 saturated carbocycles. The van der Waals surface area contributed by atoms with Crippen LogP contribution in [0.15, 0.2) is 109 Å². The molecule has 3 aromatic rings. The van der Waals surface area contributed by atoms with Crippen molar-refractivity contribution < 1.29 is 4.58 Å². The van der Waals surface area contributed by atoms with Crippen LogP contribution >= 0.6 is 0 Å². The average Bonchev–Trinajstić information content (AvgIpc) is 3.71. The van der Waals surface area contributed by atoms with Crippen LogP contribution in [0.1, 0.15) is 258 Å². The molecule has 380 valence electrons. The van der Waals surface area contributed by atoms with Crippen LogP contribution < -0.4 is 4.90 Å². The molecule has 2 heteroatoms. The molecule has 5 rings (SSSR count). The number of hydrogen-bond acceptors (Lipinski definition) is 1. The fraction of sp³-hybridized carbons (Fsp3) is 0.627. The molecule has 3 aromatic carbocycles. The lowest BCUT2D eigenvalue weighted by molar-refractivity contribution is -0.438. The summed E-state index contributed by atoms with van der Waals surface area (Å²) in [5.74, 6) is 0. The Morgan fingerprint density at radius 3 is 1.41 bits per heavy atom. The first-order chi connectivity index (χ1) is 33.8. The summed E-state index contributed by atoms with van der Waals surface area (Å²) in [5.41, 5.74) is 11.0. The summed E-state index contributed by atoms with van der Waals surface area (Å²) in [4.78, 5) is 2.67. The summed E-state index contributed by atoms with van der Waals surface area (Å²) in [5, 5.41) is 0. The molecule has 0 spiro atoms. The predicted molar refractivity (Wildman–Crippen MR) is 307 cm³/mol. The first-order valence-corrected chi connectivity index (χ1v) is 29.6. The molecule has 0 radical (unpaired) electrons. The number of unbranched alkanes of at least 4 members (excludes halogenated alkanes) is 30. The molecule has 2 nitrogen and oxygen atoms in total. The predicted octanol–water partition coefficient (Wildman–Crippen LogP) is 21.0. The highest BCUT2D eigenvalue weighted by atomic mass is 15.2. The first-order valence-electron chi connectivity index (χ1n) is 29.6. The Labute approximate surface area is 426 Å². The van der Waals surface area contributed by atoms with Crippen LogP contribution in [0, 0.1) is 0 Å². The van der Waals surface area contributed by atoms with E-state index >= 15 is 0 Å². The molecule has 0 fully saturated rings. The molecule has 2 heterocycles. The highest BCUT2D eigenvalue weighted by Crippen LogP contribution is 2.49. The van der Waals surface area contributed by atoms with E-state index in [0.29, 0.717) is 0 Å². The van der Waals surface area contributed by atoms with Gasteiger partial charge in [-0.15, -0.1) is 0 Å². The van der Waals surface area contributed by atoms with E-state index in [4.69, 9.17) is 0 Å². The lowest BCUT2D eigenvalue weighted by Crippen LogP contribution is -2.27. The van der Waals surface area contributed by atoms with E-state index in [0.717, 1.165) is 13.1 Å². The van der Waals surface area contributed by atoms with Gasteiger partial charge in [-0.25, -0.2) is 0 Å². The van der Waals surface area contributed by atoms with E-state index in [1.165, 1.54) is 251 Å². The molecule has 0 unspecified atom stereocenters. The van der Waals surface area contributed by atoms with Crippen molar-refractivity contribution in [2.45, 2.75) is 258 Å². The minimum absolute atomic E-state index is 0.0230. The second kappa shape index (κ2) is 32.3. The van der Waals surface area contributed by atoms with Crippen molar-refractivity contribution in [1.29, 1.82) is 0 Å². The van der Waals surface area contributed by atoms with Gasteiger partial charge >= 0.3 is 0 Å². The van der Waals surface area contributed by atoms with Crippen LogP contribution in [0.25, 0.3) is 11.1 Å². The van der Waals surface area contributed by atoms with E-state index in [1.54, 1.807) is 0 Å². The second-order valence-corrected chi connectivity index (χ2v) is 22.5. The Morgan fingerprint density at radius 1 is 0.420 bits per heavy atom. The zero-order valence-electron chi connectivity index (χ0n) is 45.8. The number of para-hydroxylation sites is 1. The maximum Gasteiger partial charge on any atom is 0.209 e. The minimum Gasteiger partial charge on any atom is -0.344 e. The average molecular weight is 937 g/mol. The van der Waals surface area contributed by atoms with Gasteiger partial charge in [0.15, 0.2) is 5.71 Å². The van der Waals surface area contributed by atoms with E-state index in [2.05, 4.69) is 154 Å². The minimum atomic E-state index is -0.0684. The third kappa shape index (κ3) is 18.5. The molecule has 69 heavy (non-hydrogen) atoms. The fourth-order valence-corrected chi connectivity index (χ4v) is 11.6. The molecule has 0 amide bonds. The standard InChI is InChI=1S/C67H103N2/c1-7-9-11-13-15-17-19-21-22-23-24-25-26-27-28-30-32-34-36-46-56-69-63-57-59(58-47-39-37-40-48-58)53-54-61(63)67(5,6)65(69)52-42-38-41-51-64-66(3,4)60-49-43-44-50-62(60)68(64)55-45-35-33-31-29-20-18-16-14-12-10-8-2/h37-44,47-54,57H,7-36,45-46,55-56H2,1-6H3/q+1. The normalized spacial score (nSPS) is 15.7. The van der Waals surface area contributed by atoms with Crippen LogP contribution in [0.3, 0.4) is 0 Å². The number of nitrogens with zero attached hydrogens (tertiary/aromatic N) is 2. The summed E-state index contributed by atoms with van der Waals surface area (Å²) in [7, 11) is 0. The highest BCUT2D eigenvalue weighted by Gasteiger charge is 2.44.